The Morgan fingerprint density at radius 2 is 1.67 bits per heavy atom. The first kappa shape index (κ1) is 15.5. The van der Waals surface area contributed by atoms with Crippen LogP contribution in [-0.2, 0) is 4.79 Å². The number of rotatable bonds is 3. The zero-order valence-electron chi connectivity index (χ0n) is 11.2. The molecular weight excluding hydrogens is 285 g/mol. The van der Waals surface area contributed by atoms with Gasteiger partial charge in [-0.1, -0.05) is 0 Å². The van der Waals surface area contributed by atoms with Crippen LogP contribution >= 0.6 is 0 Å². The Morgan fingerprint density at radius 3 is 2.14 bits per heavy atom. The Hall–Kier alpha value is -1.89. The van der Waals surface area contributed by atoms with Gasteiger partial charge in [-0.15, -0.1) is 0 Å². The average molecular weight is 300 g/mol. The van der Waals surface area contributed by atoms with Crippen molar-refractivity contribution >= 4 is 11.7 Å². The Morgan fingerprint density at radius 1 is 1.14 bits per heavy atom. The molecule has 1 amide bonds. The molecule has 1 aromatic rings. The summed E-state index contributed by atoms with van der Waals surface area (Å²) in [6.07, 6.45) is 0.613. The molecule has 1 saturated heterocycles. The van der Waals surface area contributed by atoms with Crippen molar-refractivity contribution < 1.29 is 22.8 Å². The van der Waals surface area contributed by atoms with Gasteiger partial charge in [0.15, 0.2) is 5.78 Å². The van der Waals surface area contributed by atoms with Crippen LogP contribution in [0.5, 0.6) is 0 Å². The molecule has 0 spiro atoms. The van der Waals surface area contributed by atoms with Gasteiger partial charge in [-0.25, -0.2) is 13.2 Å². The predicted octanol–water partition coefficient (Wildman–Crippen LogP) is 1.48. The smallest absolute Gasteiger partial charge is 0.236 e. The van der Waals surface area contributed by atoms with Gasteiger partial charge in [-0.3, -0.25) is 9.59 Å². The number of hydrogen-bond donors (Lipinski definition) is 1. The molecule has 1 aromatic carbocycles. The molecule has 1 aliphatic heterocycles. The van der Waals surface area contributed by atoms with E-state index in [2.05, 4.69) is 0 Å². The number of amides is 1. The van der Waals surface area contributed by atoms with Crippen molar-refractivity contribution in [3.8, 4) is 0 Å². The number of benzene rings is 1. The number of Topliss-reactive ketones (excluding diaryl/α,β-unsaturated/α-hetero) is 1. The monoisotopic (exact) mass is 300 g/mol. The van der Waals surface area contributed by atoms with Gasteiger partial charge in [0.1, 0.15) is 17.5 Å². The Balaban J connectivity index is 2.11. The van der Waals surface area contributed by atoms with Gasteiger partial charge in [-0.2, -0.15) is 0 Å². The van der Waals surface area contributed by atoms with Crippen molar-refractivity contribution in [2.45, 2.75) is 12.8 Å². The lowest BCUT2D eigenvalue weighted by molar-refractivity contribution is -0.130. The fourth-order valence-electron chi connectivity index (χ4n) is 2.50. The summed E-state index contributed by atoms with van der Waals surface area (Å²) in [6, 6.07) is 0.979. The summed E-state index contributed by atoms with van der Waals surface area (Å²) in [5, 5.41) is 0. The molecule has 114 valence electrons. The molecule has 0 aromatic heterocycles. The highest BCUT2D eigenvalue weighted by Crippen LogP contribution is 2.25. The quantitative estimate of drug-likeness (QED) is 0.860. The molecule has 1 fully saturated rings. The molecule has 0 saturated carbocycles. The Kier molecular flexibility index (Phi) is 4.62. The number of hydrogen-bond acceptors (Lipinski definition) is 3. The number of nitrogens with zero attached hydrogens (tertiary/aromatic N) is 1. The highest BCUT2D eigenvalue weighted by Gasteiger charge is 2.30. The second kappa shape index (κ2) is 6.26. The van der Waals surface area contributed by atoms with Crippen LogP contribution in [0.1, 0.15) is 23.2 Å². The van der Waals surface area contributed by atoms with Gasteiger partial charge in [0.2, 0.25) is 5.91 Å². The van der Waals surface area contributed by atoms with Crippen molar-refractivity contribution in [1.82, 2.24) is 4.90 Å². The minimum Gasteiger partial charge on any atom is -0.342 e. The summed E-state index contributed by atoms with van der Waals surface area (Å²) in [5.74, 6) is -4.95. The lowest BCUT2D eigenvalue weighted by atomic mass is 9.88. The molecule has 1 aliphatic rings. The first-order chi connectivity index (χ1) is 9.93. The van der Waals surface area contributed by atoms with Crippen LogP contribution in [0.4, 0.5) is 13.2 Å². The fraction of sp³-hybridized carbons (Fsp3) is 0.429. The molecule has 1 heterocycles. The van der Waals surface area contributed by atoms with Crippen molar-refractivity contribution in [3.63, 3.8) is 0 Å². The number of carbonyl (C=O) groups is 2. The zero-order chi connectivity index (χ0) is 15.6. The van der Waals surface area contributed by atoms with Gasteiger partial charge in [0.05, 0.1) is 12.1 Å². The molecule has 0 bridgehead atoms. The van der Waals surface area contributed by atoms with E-state index in [9.17, 15) is 22.8 Å². The number of likely N-dealkylation sites (tertiary alicyclic amines) is 1. The fourth-order valence-corrected chi connectivity index (χ4v) is 2.50. The van der Waals surface area contributed by atoms with Gasteiger partial charge in [-0.05, 0) is 12.8 Å². The maximum Gasteiger partial charge on any atom is 0.236 e. The summed E-state index contributed by atoms with van der Waals surface area (Å²) in [4.78, 5) is 25.1. The molecule has 0 atom stereocenters. The molecule has 0 radical (unpaired) electrons. The number of ketones is 1. The van der Waals surface area contributed by atoms with E-state index in [1.54, 1.807) is 0 Å². The number of carbonyl (C=O) groups excluding carboxylic acids is 2. The third-order valence-electron chi connectivity index (χ3n) is 3.65. The van der Waals surface area contributed by atoms with Crippen LogP contribution in [-0.4, -0.2) is 36.2 Å². The van der Waals surface area contributed by atoms with E-state index in [4.69, 9.17) is 5.73 Å². The van der Waals surface area contributed by atoms with Crippen LogP contribution in [0.3, 0.4) is 0 Å². The third-order valence-corrected chi connectivity index (χ3v) is 3.65. The van der Waals surface area contributed by atoms with Crippen LogP contribution < -0.4 is 5.73 Å². The van der Waals surface area contributed by atoms with E-state index in [1.165, 1.54) is 4.90 Å². The second-order valence-electron chi connectivity index (χ2n) is 4.97. The maximum absolute atomic E-state index is 13.6. The first-order valence-corrected chi connectivity index (χ1v) is 6.60. The second-order valence-corrected chi connectivity index (χ2v) is 4.97. The van der Waals surface area contributed by atoms with Crippen LogP contribution in [0.15, 0.2) is 12.1 Å². The minimum absolute atomic E-state index is 0.111. The molecule has 7 heteroatoms. The molecule has 0 unspecified atom stereocenters. The summed E-state index contributed by atoms with van der Waals surface area (Å²) in [5.41, 5.74) is 4.54. The topological polar surface area (TPSA) is 63.4 Å². The Labute approximate surface area is 119 Å². The van der Waals surface area contributed by atoms with Gasteiger partial charge in [0.25, 0.3) is 0 Å². The van der Waals surface area contributed by atoms with E-state index < -0.39 is 34.7 Å². The van der Waals surface area contributed by atoms with Gasteiger partial charge in [0, 0.05) is 31.1 Å². The van der Waals surface area contributed by atoms with Crippen LogP contribution in [0.2, 0.25) is 0 Å². The standard InChI is InChI=1S/C14H15F3N2O2/c15-9-5-10(16)13(11(17)6-9)14(21)8-1-3-19(4-2-8)12(20)7-18/h5-6,8H,1-4,7,18H2. The highest BCUT2D eigenvalue weighted by atomic mass is 19.1. The number of halogens is 3. The molecule has 21 heavy (non-hydrogen) atoms. The van der Waals surface area contributed by atoms with Crippen molar-refractivity contribution in [2.75, 3.05) is 19.6 Å². The van der Waals surface area contributed by atoms with Crippen molar-refractivity contribution in [2.24, 2.45) is 11.7 Å². The zero-order valence-corrected chi connectivity index (χ0v) is 11.2. The normalized spacial score (nSPS) is 16.1. The third kappa shape index (κ3) is 3.24. The molecule has 4 nitrogen and oxygen atoms in total. The molecule has 2 N–H and O–H groups in total. The number of piperidine rings is 1. The molecular formula is C14H15F3N2O2. The van der Waals surface area contributed by atoms with E-state index in [0.717, 1.165) is 0 Å². The molecule has 0 aliphatic carbocycles. The highest BCUT2D eigenvalue weighted by molar-refractivity contribution is 5.98. The van der Waals surface area contributed by atoms with E-state index in [-0.39, 0.29) is 12.5 Å². The predicted molar refractivity (Wildman–Crippen MR) is 69.0 cm³/mol. The SMILES string of the molecule is NCC(=O)N1CCC(C(=O)c2c(F)cc(F)cc2F)CC1. The van der Waals surface area contributed by atoms with Gasteiger partial charge >= 0.3 is 0 Å². The lowest BCUT2D eigenvalue weighted by Gasteiger charge is -2.31. The maximum atomic E-state index is 13.6. The lowest BCUT2D eigenvalue weighted by Crippen LogP contribution is -2.43. The van der Waals surface area contributed by atoms with E-state index >= 15 is 0 Å². The first-order valence-electron chi connectivity index (χ1n) is 6.60. The van der Waals surface area contributed by atoms with Crippen molar-refractivity contribution in [1.29, 1.82) is 0 Å². The van der Waals surface area contributed by atoms with E-state index in [1.807, 2.05) is 0 Å². The van der Waals surface area contributed by atoms with Crippen LogP contribution in [0, 0.1) is 23.4 Å². The largest absolute Gasteiger partial charge is 0.342 e. The van der Waals surface area contributed by atoms with Crippen molar-refractivity contribution in [3.05, 3.63) is 35.1 Å². The summed E-state index contributed by atoms with van der Waals surface area (Å²) < 4.78 is 40.0. The van der Waals surface area contributed by atoms with Gasteiger partial charge < -0.3 is 10.6 Å². The summed E-state index contributed by atoms with van der Waals surface area (Å²) in [6.45, 7) is 0.521. The van der Waals surface area contributed by atoms with Crippen LogP contribution in [0.25, 0.3) is 0 Å². The minimum atomic E-state index is -1.20. The summed E-state index contributed by atoms with van der Waals surface area (Å²) in [7, 11) is 0. The Bertz CT molecular complexity index is 546. The number of nitrogens with two attached hydrogens (primary N) is 1. The average Bonchev–Trinajstić information content (AvgIpc) is 2.45. The molecule has 2 rings (SSSR count). The van der Waals surface area contributed by atoms with E-state index in [0.29, 0.717) is 38.1 Å². The summed E-state index contributed by atoms with van der Waals surface area (Å²) >= 11 is 0.